The van der Waals surface area contributed by atoms with Crippen molar-refractivity contribution in [1.29, 1.82) is 0 Å². The molecule has 2 aliphatic heterocycles. The molecule has 28 heavy (non-hydrogen) atoms. The molecular weight excluding hydrogens is 398 g/mol. The first-order valence-corrected chi connectivity index (χ1v) is 12.1. The highest BCUT2D eigenvalue weighted by atomic mass is 32.2. The van der Waals surface area contributed by atoms with Crippen LogP contribution >= 0.6 is 11.3 Å². The first-order chi connectivity index (χ1) is 13.5. The van der Waals surface area contributed by atoms with Crippen LogP contribution in [-0.2, 0) is 21.4 Å². The molecule has 0 radical (unpaired) electrons. The average molecular weight is 424 g/mol. The van der Waals surface area contributed by atoms with Gasteiger partial charge in [-0.15, -0.1) is 0 Å². The quantitative estimate of drug-likeness (QED) is 0.739. The summed E-state index contributed by atoms with van der Waals surface area (Å²) in [5.41, 5.74) is 0.696. The van der Waals surface area contributed by atoms with E-state index in [-0.39, 0.29) is 15.7 Å². The summed E-state index contributed by atoms with van der Waals surface area (Å²) in [4.78, 5) is 26.8. The van der Waals surface area contributed by atoms with Crippen LogP contribution in [0.4, 0.5) is 0 Å². The molecule has 0 N–H and O–H groups in total. The molecule has 2 aromatic rings. The Morgan fingerprint density at radius 3 is 2.39 bits per heavy atom. The van der Waals surface area contributed by atoms with E-state index in [0.29, 0.717) is 36.3 Å². The van der Waals surface area contributed by atoms with Crippen molar-refractivity contribution in [2.24, 2.45) is 0 Å². The van der Waals surface area contributed by atoms with Gasteiger partial charge < -0.3 is 4.90 Å². The number of hydrogen-bond acceptors (Lipinski definition) is 5. The van der Waals surface area contributed by atoms with E-state index in [1.54, 1.807) is 22.8 Å². The van der Waals surface area contributed by atoms with E-state index in [4.69, 9.17) is 0 Å². The number of benzene rings is 1. The number of thiazole rings is 1. The van der Waals surface area contributed by atoms with Gasteiger partial charge >= 0.3 is 4.87 Å². The van der Waals surface area contributed by atoms with E-state index in [0.717, 1.165) is 50.1 Å². The maximum Gasteiger partial charge on any atom is 0.308 e. The van der Waals surface area contributed by atoms with Gasteiger partial charge in [0.05, 0.1) is 15.1 Å². The van der Waals surface area contributed by atoms with Gasteiger partial charge in [0.15, 0.2) is 0 Å². The molecular formula is C19H25N3O4S2. The molecule has 7 nitrogen and oxygen atoms in total. The normalized spacial score (nSPS) is 18.8. The molecule has 9 heteroatoms. The monoisotopic (exact) mass is 423 g/mol. The molecule has 0 spiro atoms. The zero-order valence-electron chi connectivity index (χ0n) is 15.8. The van der Waals surface area contributed by atoms with E-state index in [9.17, 15) is 18.0 Å². The van der Waals surface area contributed by atoms with Crippen LogP contribution in [0.1, 0.15) is 38.5 Å². The molecule has 1 aromatic carbocycles. The number of piperidine rings is 1. The second-order valence-electron chi connectivity index (χ2n) is 7.45. The van der Waals surface area contributed by atoms with Crippen molar-refractivity contribution < 1.29 is 13.2 Å². The zero-order valence-corrected chi connectivity index (χ0v) is 17.4. The minimum Gasteiger partial charge on any atom is -0.343 e. The predicted molar refractivity (Wildman–Crippen MR) is 109 cm³/mol. The number of rotatable bonds is 5. The number of carbonyl (C=O) groups is 1. The summed E-state index contributed by atoms with van der Waals surface area (Å²) in [6.07, 6.45) is 5.32. The number of likely N-dealkylation sites (tertiary alicyclic amines) is 1. The SMILES string of the molecule is O=C(CCn1c(=O)sc2cc(S(=O)(=O)N3CCCC3)ccc21)N1CCCCC1. The lowest BCUT2D eigenvalue weighted by molar-refractivity contribution is -0.132. The molecule has 1 aromatic heterocycles. The van der Waals surface area contributed by atoms with Crippen LogP contribution < -0.4 is 4.87 Å². The van der Waals surface area contributed by atoms with E-state index < -0.39 is 10.0 Å². The lowest BCUT2D eigenvalue weighted by Gasteiger charge is -2.26. The number of carbonyl (C=O) groups excluding carboxylic acids is 1. The van der Waals surface area contributed by atoms with Crippen molar-refractivity contribution in [3.8, 4) is 0 Å². The number of fused-ring (bicyclic) bond motifs is 1. The molecule has 0 saturated carbocycles. The number of hydrogen-bond donors (Lipinski definition) is 0. The Bertz CT molecular complexity index is 1030. The topological polar surface area (TPSA) is 79.7 Å². The molecule has 0 atom stereocenters. The Hall–Kier alpha value is -1.71. The van der Waals surface area contributed by atoms with Crippen LogP contribution in [0, 0.1) is 0 Å². The lowest BCUT2D eigenvalue weighted by atomic mass is 10.1. The maximum atomic E-state index is 12.8. The molecule has 152 valence electrons. The maximum absolute atomic E-state index is 12.8. The fourth-order valence-corrected chi connectivity index (χ4v) is 6.58. The first kappa shape index (κ1) is 19.6. The molecule has 2 aliphatic rings. The second kappa shape index (κ2) is 7.96. The highest BCUT2D eigenvalue weighted by Crippen LogP contribution is 2.26. The van der Waals surface area contributed by atoms with Crippen LogP contribution in [0.25, 0.3) is 10.2 Å². The third-order valence-corrected chi connectivity index (χ3v) is 8.44. The number of sulfonamides is 1. The summed E-state index contributed by atoms with van der Waals surface area (Å²) in [6.45, 7) is 3.03. The Kier molecular flexibility index (Phi) is 5.57. The van der Waals surface area contributed by atoms with Gasteiger partial charge in [0.1, 0.15) is 0 Å². The second-order valence-corrected chi connectivity index (χ2v) is 10.4. The Balaban J connectivity index is 1.54. The number of aryl methyl sites for hydroxylation is 1. The Morgan fingerprint density at radius 1 is 1.00 bits per heavy atom. The fourth-order valence-electron chi connectivity index (χ4n) is 4.01. The van der Waals surface area contributed by atoms with Gasteiger partial charge in [-0.1, -0.05) is 11.3 Å². The summed E-state index contributed by atoms with van der Waals surface area (Å²) in [5, 5.41) is 0. The predicted octanol–water partition coefficient (Wildman–Crippen LogP) is 2.25. The highest BCUT2D eigenvalue weighted by molar-refractivity contribution is 7.89. The van der Waals surface area contributed by atoms with Crippen LogP contribution in [0.3, 0.4) is 0 Å². The molecule has 0 unspecified atom stereocenters. The van der Waals surface area contributed by atoms with Crippen LogP contribution in [-0.4, -0.2) is 54.3 Å². The number of nitrogens with zero attached hydrogens (tertiary/aromatic N) is 3. The molecule has 4 rings (SSSR count). The standard InChI is InChI=1S/C19H25N3O4S2/c23-18(20-9-2-1-3-10-20)8-13-22-16-7-6-15(14-17(16)27-19(22)24)28(25,26)21-11-4-5-12-21/h6-7,14H,1-5,8-13H2. The summed E-state index contributed by atoms with van der Waals surface area (Å²) in [6, 6.07) is 4.87. The minimum absolute atomic E-state index is 0.0826. The minimum atomic E-state index is -3.51. The van der Waals surface area contributed by atoms with Gasteiger partial charge in [-0.2, -0.15) is 4.31 Å². The molecule has 2 fully saturated rings. The molecule has 0 bridgehead atoms. The van der Waals surface area contributed by atoms with Crippen LogP contribution in [0.15, 0.2) is 27.9 Å². The Morgan fingerprint density at radius 2 is 1.68 bits per heavy atom. The van der Waals surface area contributed by atoms with Crippen molar-refractivity contribution >= 4 is 37.5 Å². The van der Waals surface area contributed by atoms with Crippen molar-refractivity contribution in [2.75, 3.05) is 26.2 Å². The van der Waals surface area contributed by atoms with Gasteiger partial charge in [-0.25, -0.2) is 8.42 Å². The van der Waals surface area contributed by atoms with E-state index in [1.165, 1.54) is 10.7 Å². The number of amides is 1. The van der Waals surface area contributed by atoms with Crippen LogP contribution in [0.5, 0.6) is 0 Å². The van der Waals surface area contributed by atoms with Gasteiger partial charge in [0.25, 0.3) is 0 Å². The highest BCUT2D eigenvalue weighted by Gasteiger charge is 2.27. The van der Waals surface area contributed by atoms with Gasteiger partial charge in [0.2, 0.25) is 15.9 Å². The average Bonchev–Trinajstić information content (AvgIpc) is 3.34. The van der Waals surface area contributed by atoms with E-state index >= 15 is 0 Å². The van der Waals surface area contributed by atoms with E-state index in [1.807, 2.05) is 4.90 Å². The molecule has 2 saturated heterocycles. The molecule has 3 heterocycles. The summed E-state index contributed by atoms with van der Waals surface area (Å²) < 4.78 is 29.3. The Labute approximate surface area is 168 Å². The summed E-state index contributed by atoms with van der Waals surface area (Å²) in [7, 11) is -3.51. The van der Waals surface area contributed by atoms with E-state index in [2.05, 4.69) is 0 Å². The van der Waals surface area contributed by atoms with Gasteiger partial charge in [-0.3, -0.25) is 14.2 Å². The largest absolute Gasteiger partial charge is 0.343 e. The van der Waals surface area contributed by atoms with Crippen molar-refractivity contribution in [3.63, 3.8) is 0 Å². The van der Waals surface area contributed by atoms with Crippen molar-refractivity contribution in [3.05, 3.63) is 27.9 Å². The zero-order chi connectivity index (χ0) is 19.7. The van der Waals surface area contributed by atoms with Gasteiger partial charge in [-0.05, 0) is 50.3 Å². The summed E-state index contributed by atoms with van der Waals surface area (Å²) in [5.74, 6) is 0.0826. The third-order valence-electron chi connectivity index (χ3n) is 5.60. The fraction of sp³-hybridized carbons (Fsp3) is 0.579. The van der Waals surface area contributed by atoms with Crippen molar-refractivity contribution in [1.82, 2.24) is 13.8 Å². The van der Waals surface area contributed by atoms with Gasteiger partial charge in [0, 0.05) is 39.1 Å². The summed E-state index contributed by atoms with van der Waals surface area (Å²) >= 11 is 1.04. The van der Waals surface area contributed by atoms with Crippen molar-refractivity contribution in [2.45, 2.75) is 50.0 Å². The van der Waals surface area contributed by atoms with Crippen LogP contribution in [0.2, 0.25) is 0 Å². The molecule has 1 amide bonds. The first-order valence-electron chi connectivity index (χ1n) is 9.88. The lowest BCUT2D eigenvalue weighted by Crippen LogP contribution is -2.36. The molecule has 0 aliphatic carbocycles. The number of aromatic nitrogens is 1. The third kappa shape index (κ3) is 3.75. The smallest absolute Gasteiger partial charge is 0.308 e.